The van der Waals surface area contributed by atoms with Crippen molar-refractivity contribution < 1.29 is 4.74 Å². The number of hydrogen-bond donors (Lipinski definition) is 0. The number of fused-ring (bicyclic) bond motifs is 4. The molecule has 302 valence electrons. The highest BCUT2D eigenvalue weighted by Crippen LogP contribution is 2.59. The molecule has 2 aromatic carbocycles. The van der Waals surface area contributed by atoms with Crippen LogP contribution < -0.4 is 15.2 Å². The van der Waals surface area contributed by atoms with Crippen LogP contribution in [0, 0.1) is 29.6 Å². The molecule has 60 heavy (non-hydrogen) atoms. The highest BCUT2D eigenvalue weighted by molar-refractivity contribution is 5.99. The number of nitrogens with zero attached hydrogens (tertiary/aromatic N) is 1. The largest absolute Gasteiger partial charge is 0.486 e. The number of aliphatic imine (C=N–C) groups is 1. The summed E-state index contributed by atoms with van der Waals surface area (Å²) in [5, 5.41) is 2.87. The Hall–Kier alpha value is -5.17. The van der Waals surface area contributed by atoms with Crippen molar-refractivity contribution in [1.82, 2.24) is 0 Å². The van der Waals surface area contributed by atoms with E-state index in [2.05, 4.69) is 152 Å². The molecule has 0 aromatic heterocycles. The normalized spacial score (nSPS) is 32.8. The number of benzene rings is 2. The van der Waals surface area contributed by atoms with E-state index in [1.807, 2.05) is 0 Å². The van der Waals surface area contributed by atoms with Gasteiger partial charge in [0.1, 0.15) is 11.9 Å². The molecule has 0 saturated heterocycles. The summed E-state index contributed by atoms with van der Waals surface area (Å²) in [6, 6.07) is 18.1. The van der Waals surface area contributed by atoms with Crippen LogP contribution in [-0.4, -0.2) is 17.9 Å². The van der Waals surface area contributed by atoms with Gasteiger partial charge in [0.05, 0.1) is 11.8 Å². The minimum absolute atomic E-state index is 0.0951. The predicted octanol–water partition coefficient (Wildman–Crippen LogP) is 12.3. The maximum atomic E-state index is 6.82. The molecule has 9 aliphatic rings. The summed E-state index contributed by atoms with van der Waals surface area (Å²) in [4.78, 5) is 5.89. The molecule has 11 rings (SSSR count). The van der Waals surface area contributed by atoms with Crippen molar-refractivity contribution in [2.24, 2.45) is 34.6 Å². The van der Waals surface area contributed by atoms with E-state index in [1.54, 1.807) is 16.7 Å². The molecule has 0 radical (unpaired) electrons. The molecular weight excluding hydrogens is 727 g/mol. The maximum Gasteiger partial charge on any atom is 0.124 e. The van der Waals surface area contributed by atoms with E-state index in [1.165, 1.54) is 69.7 Å². The smallest absolute Gasteiger partial charge is 0.124 e. The van der Waals surface area contributed by atoms with Crippen molar-refractivity contribution in [2.75, 3.05) is 0 Å². The zero-order valence-corrected chi connectivity index (χ0v) is 35.4. The number of hydrogen-bond acceptors (Lipinski definition) is 2. The lowest BCUT2D eigenvalue weighted by Crippen LogP contribution is -2.51. The molecule has 2 heterocycles. The molecule has 0 saturated carbocycles. The van der Waals surface area contributed by atoms with Crippen LogP contribution in [-0.2, 0) is 5.41 Å². The number of allylic oxidation sites excluding steroid dienone is 16. The Morgan fingerprint density at radius 3 is 2.50 bits per heavy atom. The van der Waals surface area contributed by atoms with E-state index in [0.717, 1.165) is 63.5 Å². The molecule has 2 nitrogen and oxygen atoms in total. The van der Waals surface area contributed by atoms with Crippen molar-refractivity contribution in [1.29, 1.82) is 0 Å². The standard InChI is InChI=1S/C58H59NO/c1-39-47(40-16-4-2-5-17-40)36-37-54(59-57(39)44-32-35-50-43(38-44)29-28-41-18-8-9-21-48(41)50)51-23-11-10-22-49(51)42-30-33-46(34-31-42)58(45-19-6-3-7-20-45)52-24-12-14-26-55(52)60-56-27-15-13-25-53(56)58/h4,8-12,14-19,21-24,26-28,30,33,37-39,43,49,51,53,56-57H,2-3,5-7,13,20,25,29,31-32,34-35H2,1H3. The lowest BCUT2D eigenvalue weighted by atomic mass is 9.53. The van der Waals surface area contributed by atoms with E-state index < -0.39 is 0 Å². The van der Waals surface area contributed by atoms with Gasteiger partial charge in [0, 0.05) is 52.2 Å². The molecule has 2 aliphatic heterocycles. The summed E-state index contributed by atoms with van der Waals surface area (Å²) in [6.45, 7) is 2.42. The second kappa shape index (κ2) is 16.0. The first kappa shape index (κ1) is 37.8. The van der Waals surface area contributed by atoms with Gasteiger partial charge in [0.15, 0.2) is 0 Å². The Labute approximate surface area is 357 Å². The zero-order valence-electron chi connectivity index (χ0n) is 35.4. The zero-order chi connectivity index (χ0) is 40.0. The summed E-state index contributed by atoms with van der Waals surface area (Å²) in [6.07, 6.45) is 51.4. The van der Waals surface area contributed by atoms with Crippen LogP contribution in [0.1, 0.15) is 96.0 Å². The molecule has 0 N–H and O–H groups in total. The maximum absolute atomic E-state index is 6.82. The first-order chi connectivity index (χ1) is 29.7. The molecule has 7 aliphatic carbocycles. The van der Waals surface area contributed by atoms with Crippen molar-refractivity contribution >= 4 is 17.4 Å². The van der Waals surface area contributed by atoms with E-state index in [-0.39, 0.29) is 35.3 Å². The lowest BCUT2D eigenvalue weighted by molar-refractivity contribution is 0.0934. The van der Waals surface area contributed by atoms with Crippen molar-refractivity contribution in [3.05, 3.63) is 189 Å². The van der Waals surface area contributed by atoms with Crippen molar-refractivity contribution in [3.8, 4) is 5.75 Å². The van der Waals surface area contributed by atoms with Gasteiger partial charge in [-0.3, -0.25) is 4.99 Å². The Kier molecular flexibility index (Phi) is 10.1. The van der Waals surface area contributed by atoms with E-state index in [0.29, 0.717) is 11.8 Å². The van der Waals surface area contributed by atoms with Gasteiger partial charge in [-0.25, -0.2) is 0 Å². The van der Waals surface area contributed by atoms with Crippen LogP contribution in [0.25, 0.3) is 11.6 Å². The third kappa shape index (κ3) is 6.49. The van der Waals surface area contributed by atoms with Gasteiger partial charge in [-0.1, -0.05) is 151 Å². The topological polar surface area (TPSA) is 21.6 Å². The molecule has 0 fully saturated rings. The summed E-state index contributed by atoms with van der Waals surface area (Å²) in [5.74, 6) is 2.62. The quantitative estimate of drug-likeness (QED) is 0.211. The molecular formula is C58H59NO. The first-order valence-electron chi connectivity index (χ1n) is 23.4. The second-order valence-electron chi connectivity index (χ2n) is 18.8. The van der Waals surface area contributed by atoms with Crippen molar-refractivity contribution in [2.45, 2.75) is 108 Å². The highest BCUT2D eigenvalue weighted by Gasteiger charge is 2.54. The summed E-state index contributed by atoms with van der Waals surface area (Å²) >= 11 is 0. The summed E-state index contributed by atoms with van der Waals surface area (Å²) < 4.78 is 6.82. The van der Waals surface area contributed by atoms with Gasteiger partial charge in [-0.2, -0.15) is 0 Å². The average molecular weight is 786 g/mol. The lowest BCUT2D eigenvalue weighted by Gasteiger charge is -2.53. The molecule has 8 unspecified atom stereocenters. The third-order valence-electron chi connectivity index (χ3n) is 15.6. The van der Waals surface area contributed by atoms with Crippen LogP contribution in [0.2, 0.25) is 0 Å². The van der Waals surface area contributed by atoms with Gasteiger partial charge >= 0.3 is 0 Å². The van der Waals surface area contributed by atoms with Gasteiger partial charge in [0.2, 0.25) is 0 Å². The molecule has 2 heteroatoms. The van der Waals surface area contributed by atoms with Crippen LogP contribution in [0.4, 0.5) is 0 Å². The number of ether oxygens (including phenoxy) is 1. The number of para-hydroxylation sites is 1. The van der Waals surface area contributed by atoms with Gasteiger partial charge in [-0.15, -0.1) is 5.73 Å². The summed E-state index contributed by atoms with van der Waals surface area (Å²) in [7, 11) is 0. The van der Waals surface area contributed by atoms with Crippen LogP contribution >= 0.6 is 0 Å². The SMILES string of the molecule is CC1C(C2=CCCC=C2)=C=CC(C2C=CC=CC2C2=CC=C(C3(C4=CCCCC4)c4ccccc4OC4C=CCCC43)CC2)=NC1C1=CC2CC=c3ccccc3=C2CC1. The minimum atomic E-state index is -0.113. The average Bonchev–Trinajstić information content (AvgIpc) is 3.49. The fourth-order valence-electron chi connectivity index (χ4n) is 12.8. The Morgan fingerprint density at radius 2 is 1.63 bits per heavy atom. The molecule has 0 bridgehead atoms. The van der Waals surface area contributed by atoms with E-state index >= 15 is 0 Å². The van der Waals surface area contributed by atoms with Crippen LogP contribution in [0.15, 0.2) is 178 Å². The predicted molar refractivity (Wildman–Crippen MR) is 249 cm³/mol. The Morgan fingerprint density at radius 1 is 0.750 bits per heavy atom. The van der Waals surface area contributed by atoms with Crippen LogP contribution in [0.5, 0.6) is 5.75 Å². The summed E-state index contributed by atoms with van der Waals surface area (Å²) in [5.41, 5.74) is 17.0. The second-order valence-corrected chi connectivity index (χ2v) is 18.8. The molecule has 8 atom stereocenters. The van der Waals surface area contributed by atoms with Crippen molar-refractivity contribution in [3.63, 3.8) is 0 Å². The molecule has 0 spiro atoms. The van der Waals surface area contributed by atoms with Gasteiger partial charge in [-0.05, 0) is 117 Å². The Bertz CT molecular complexity index is 2600. The van der Waals surface area contributed by atoms with E-state index in [4.69, 9.17) is 9.73 Å². The van der Waals surface area contributed by atoms with Gasteiger partial charge in [0.25, 0.3) is 0 Å². The fourth-order valence-corrected chi connectivity index (χ4v) is 12.8. The fraction of sp³-hybridized carbons (Fsp3) is 0.379. The molecule has 0 amide bonds. The van der Waals surface area contributed by atoms with Gasteiger partial charge < -0.3 is 4.74 Å². The number of rotatable bonds is 6. The van der Waals surface area contributed by atoms with E-state index in [9.17, 15) is 0 Å². The minimum Gasteiger partial charge on any atom is -0.486 e. The highest BCUT2D eigenvalue weighted by atomic mass is 16.5. The monoisotopic (exact) mass is 785 g/mol. The Balaban J connectivity index is 0.982. The molecule has 2 aromatic rings. The van der Waals surface area contributed by atoms with Crippen LogP contribution in [0.3, 0.4) is 0 Å². The third-order valence-corrected chi connectivity index (χ3v) is 15.6. The first-order valence-corrected chi connectivity index (χ1v) is 23.4.